The summed E-state index contributed by atoms with van der Waals surface area (Å²) in [5.41, 5.74) is 2.97. The Morgan fingerprint density at radius 1 is 1.30 bits per heavy atom. The van der Waals surface area contributed by atoms with Gasteiger partial charge in [0.15, 0.2) is 5.65 Å². The third-order valence-electron chi connectivity index (χ3n) is 5.25. The molecule has 0 bridgehead atoms. The highest BCUT2D eigenvalue weighted by molar-refractivity contribution is 6.06. The first kappa shape index (κ1) is 24.2. The predicted molar refractivity (Wildman–Crippen MR) is 123 cm³/mol. The molecule has 0 saturated carbocycles. The van der Waals surface area contributed by atoms with Gasteiger partial charge in [-0.3, -0.25) is 4.79 Å². The minimum atomic E-state index is -0.0801. The Labute approximate surface area is 188 Å². The molecule has 9 heteroatoms. The summed E-state index contributed by atoms with van der Waals surface area (Å²) in [5.74, 6) is 1.54. The maximum atomic E-state index is 13.2. The molecule has 0 aromatic carbocycles. The largest absolute Gasteiger partial charge is 0.466 e. The molecule has 3 aromatic rings. The quantitative estimate of drug-likeness (QED) is 0.617. The van der Waals surface area contributed by atoms with Gasteiger partial charge in [0, 0.05) is 24.2 Å². The van der Waals surface area contributed by atoms with Crippen LogP contribution in [-0.4, -0.2) is 39.8 Å². The minimum absolute atomic E-state index is 0. The van der Waals surface area contributed by atoms with Crippen molar-refractivity contribution in [2.45, 2.75) is 52.6 Å². The Kier molecular flexibility index (Phi) is 7.91. The minimum Gasteiger partial charge on any atom is -0.466 e. The number of aryl methyl sites for hydroxylation is 2. The molecule has 30 heavy (non-hydrogen) atoms. The summed E-state index contributed by atoms with van der Waals surface area (Å²) < 4.78 is 7.55. The zero-order valence-electron chi connectivity index (χ0n) is 17.7. The Morgan fingerprint density at radius 3 is 2.67 bits per heavy atom. The molecule has 164 valence electrons. The van der Waals surface area contributed by atoms with Crippen molar-refractivity contribution < 1.29 is 9.21 Å². The van der Waals surface area contributed by atoms with Gasteiger partial charge in [-0.1, -0.05) is 0 Å². The molecule has 4 rings (SSSR count). The van der Waals surface area contributed by atoms with Crippen LogP contribution in [0.4, 0.5) is 0 Å². The lowest BCUT2D eigenvalue weighted by atomic mass is 10.0. The molecule has 3 aromatic heterocycles. The predicted octanol–water partition coefficient (Wildman–Crippen LogP) is 4.21. The molecule has 2 N–H and O–H groups in total. The van der Waals surface area contributed by atoms with Crippen LogP contribution in [0.15, 0.2) is 22.7 Å². The molecule has 4 heterocycles. The van der Waals surface area contributed by atoms with E-state index in [-0.39, 0.29) is 42.8 Å². The Bertz CT molecular complexity index is 1020. The zero-order valence-corrected chi connectivity index (χ0v) is 19.3. The third kappa shape index (κ3) is 4.63. The summed E-state index contributed by atoms with van der Waals surface area (Å²) in [7, 11) is 0. The fourth-order valence-corrected chi connectivity index (χ4v) is 3.85. The number of hydrogen-bond donors (Lipinski definition) is 2. The first-order chi connectivity index (χ1) is 13.4. The van der Waals surface area contributed by atoms with Crippen LogP contribution in [0, 0.1) is 13.8 Å². The molecular weight excluding hydrogens is 425 g/mol. The lowest BCUT2D eigenvalue weighted by molar-refractivity contribution is 0.0932. The van der Waals surface area contributed by atoms with Crippen LogP contribution < -0.4 is 10.6 Å². The summed E-state index contributed by atoms with van der Waals surface area (Å²) in [6.45, 7) is 9.76. The molecule has 0 aliphatic carbocycles. The number of rotatable bonds is 4. The number of piperidine rings is 1. The first-order valence-electron chi connectivity index (χ1n) is 9.91. The van der Waals surface area contributed by atoms with E-state index in [0.29, 0.717) is 5.56 Å². The van der Waals surface area contributed by atoms with E-state index < -0.39 is 0 Å². The van der Waals surface area contributed by atoms with Crippen LogP contribution in [0.1, 0.15) is 54.6 Å². The van der Waals surface area contributed by atoms with Crippen molar-refractivity contribution in [2.24, 2.45) is 0 Å². The monoisotopic (exact) mass is 453 g/mol. The third-order valence-corrected chi connectivity index (χ3v) is 5.25. The molecule has 1 saturated heterocycles. The maximum absolute atomic E-state index is 13.2. The molecule has 0 unspecified atom stereocenters. The van der Waals surface area contributed by atoms with Crippen LogP contribution in [0.5, 0.6) is 0 Å². The number of fused-ring (bicyclic) bond motifs is 1. The average Bonchev–Trinajstić information content (AvgIpc) is 3.24. The van der Waals surface area contributed by atoms with E-state index in [1.54, 1.807) is 6.20 Å². The Balaban J connectivity index is 0.00000160. The Hall–Kier alpha value is -2.09. The van der Waals surface area contributed by atoms with Crippen LogP contribution in [0.2, 0.25) is 0 Å². The van der Waals surface area contributed by atoms with Crippen molar-refractivity contribution in [2.75, 3.05) is 13.1 Å². The molecule has 1 atom stereocenters. The summed E-state index contributed by atoms with van der Waals surface area (Å²) in [6.07, 6.45) is 3.81. The van der Waals surface area contributed by atoms with Crippen molar-refractivity contribution in [3.63, 3.8) is 0 Å². The van der Waals surface area contributed by atoms with E-state index in [4.69, 9.17) is 9.40 Å². The van der Waals surface area contributed by atoms with Crippen LogP contribution in [-0.2, 0) is 0 Å². The summed E-state index contributed by atoms with van der Waals surface area (Å²) >= 11 is 0. The van der Waals surface area contributed by atoms with E-state index >= 15 is 0 Å². The van der Waals surface area contributed by atoms with Crippen molar-refractivity contribution in [3.05, 3.63) is 35.4 Å². The molecule has 1 aliphatic heterocycles. The van der Waals surface area contributed by atoms with Crippen LogP contribution in [0.3, 0.4) is 0 Å². The van der Waals surface area contributed by atoms with Gasteiger partial charge in [0.2, 0.25) is 0 Å². The van der Waals surface area contributed by atoms with Crippen molar-refractivity contribution in [3.8, 4) is 11.3 Å². The lowest BCUT2D eigenvalue weighted by Crippen LogP contribution is -2.45. The molecule has 0 radical (unpaired) electrons. The van der Waals surface area contributed by atoms with Crippen molar-refractivity contribution in [1.82, 2.24) is 25.4 Å². The summed E-state index contributed by atoms with van der Waals surface area (Å²) in [6, 6.07) is 4.11. The highest BCUT2D eigenvalue weighted by Crippen LogP contribution is 2.30. The standard InChI is InChI=1S/C21H27N5O2.2ClH/c1-12(2)26-20-18(11-23-26)17(21(27)24-15-6-5-7-22-10-15)9-19(25-20)16-8-13(3)28-14(16)4;;/h8-9,11-12,15,22H,5-7,10H2,1-4H3,(H,24,27);2*1H/t15-;;/m0../s1. The topological polar surface area (TPSA) is 85.0 Å². The Morgan fingerprint density at radius 2 is 2.07 bits per heavy atom. The molecule has 1 aliphatic rings. The number of carbonyl (C=O) groups is 1. The van der Waals surface area contributed by atoms with Gasteiger partial charge in [-0.2, -0.15) is 5.10 Å². The molecular formula is C21H29Cl2N5O2. The zero-order chi connectivity index (χ0) is 19.8. The fraction of sp³-hybridized carbons (Fsp3) is 0.476. The lowest BCUT2D eigenvalue weighted by Gasteiger charge is -2.24. The molecule has 1 amide bonds. The number of hydrogen-bond acceptors (Lipinski definition) is 5. The van der Waals surface area contributed by atoms with Gasteiger partial charge in [-0.05, 0) is 59.2 Å². The normalized spacial score (nSPS) is 16.2. The second-order valence-electron chi connectivity index (χ2n) is 7.82. The number of pyridine rings is 1. The van der Waals surface area contributed by atoms with E-state index in [1.165, 1.54) is 0 Å². The number of nitrogens with one attached hydrogen (secondary N) is 2. The van der Waals surface area contributed by atoms with Gasteiger partial charge in [0.05, 0.1) is 22.8 Å². The number of halogens is 2. The second kappa shape index (κ2) is 9.81. The maximum Gasteiger partial charge on any atom is 0.252 e. The number of amides is 1. The second-order valence-corrected chi connectivity index (χ2v) is 7.82. The van der Waals surface area contributed by atoms with Gasteiger partial charge >= 0.3 is 0 Å². The SMILES string of the molecule is Cc1cc(-c2cc(C(=O)N[C@H]3CCCNC3)c3cnn(C(C)C)c3n2)c(C)o1.Cl.Cl. The van der Waals surface area contributed by atoms with Gasteiger partial charge in [-0.15, -0.1) is 24.8 Å². The fourth-order valence-electron chi connectivity index (χ4n) is 3.85. The highest BCUT2D eigenvalue weighted by Gasteiger charge is 2.22. The number of furan rings is 1. The van der Waals surface area contributed by atoms with Crippen molar-refractivity contribution >= 4 is 41.8 Å². The smallest absolute Gasteiger partial charge is 0.252 e. The van der Waals surface area contributed by atoms with Gasteiger partial charge in [0.1, 0.15) is 11.5 Å². The van der Waals surface area contributed by atoms with Crippen molar-refractivity contribution in [1.29, 1.82) is 0 Å². The van der Waals surface area contributed by atoms with Crippen LogP contribution in [0.25, 0.3) is 22.3 Å². The van der Waals surface area contributed by atoms with E-state index in [1.807, 2.05) is 30.7 Å². The van der Waals surface area contributed by atoms with Gasteiger partial charge in [-0.25, -0.2) is 9.67 Å². The van der Waals surface area contributed by atoms with Crippen LogP contribution >= 0.6 is 24.8 Å². The molecule has 0 spiro atoms. The number of carbonyl (C=O) groups excluding carboxylic acids is 1. The molecule has 7 nitrogen and oxygen atoms in total. The van der Waals surface area contributed by atoms with E-state index in [0.717, 1.165) is 59.7 Å². The number of nitrogens with zero attached hydrogens (tertiary/aromatic N) is 3. The van der Waals surface area contributed by atoms with Gasteiger partial charge in [0.25, 0.3) is 5.91 Å². The highest BCUT2D eigenvalue weighted by atomic mass is 35.5. The molecule has 1 fully saturated rings. The van der Waals surface area contributed by atoms with E-state index in [9.17, 15) is 4.79 Å². The summed E-state index contributed by atoms with van der Waals surface area (Å²) in [5, 5.41) is 11.8. The average molecular weight is 454 g/mol. The van der Waals surface area contributed by atoms with E-state index in [2.05, 4.69) is 29.6 Å². The van der Waals surface area contributed by atoms with Gasteiger partial charge < -0.3 is 15.1 Å². The first-order valence-corrected chi connectivity index (χ1v) is 9.91. The summed E-state index contributed by atoms with van der Waals surface area (Å²) in [4.78, 5) is 18.0. The number of aromatic nitrogens is 3.